The van der Waals surface area contributed by atoms with Gasteiger partial charge in [-0.25, -0.2) is 4.98 Å². The van der Waals surface area contributed by atoms with Gasteiger partial charge in [0, 0.05) is 32.3 Å². The number of hydrazine groups is 1. The molecular weight excluding hydrogens is 270 g/mol. The van der Waals surface area contributed by atoms with Gasteiger partial charge in [0.05, 0.1) is 11.0 Å². The molecule has 0 fully saturated rings. The lowest BCUT2D eigenvalue weighted by atomic mass is 10.2. The molecule has 0 saturated carbocycles. The van der Waals surface area contributed by atoms with Crippen molar-refractivity contribution in [2.24, 2.45) is 5.84 Å². The number of rotatable bonds is 4. The molecule has 3 N–H and O–H groups in total. The van der Waals surface area contributed by atoms with Crippen molar-refractivity contribution in [3.8, 4) is 0 Å². The van der Waals surface area contributed by atoms with Crippen LogP contribution in [0.3, 0.4) is 0 Å². The maximum atomic E-state index is 5.65. The van der Waals surface area contributed by atoms with Gasteiger partial charge in [0.25, 0.3) is 0 Å². The number of hydrogen-bond acceptors (Lipinski definition) is 6. The zero-order valence-corrected chi connectivity index (χ0v) is 11.4. The van der Waals surface area contributed by atoms with Crippen LogP contribution < -0.4 is 11.3 Å². The molecule has 17 heavy (non-hydrogen) atoms. The Labute approximate surface area is 111 Å². The Morgan fingerprint density at radius 2 is 2.24 bits per heavy atom. The van der Waals surface area contributed by atoms with Crippen LogP contribution in [0.2, 0.25) is 0 Å². The van der Waals surface area contributed by atoms with E-state index in [4.69, 9.17) is 5.84 Å². The molecule has 0 aromatic carbocycles. The van der Waals surface area contributed by atoms with E-state index < -0.39 is 0 Å². The number of nitrogens with one attached hydrogen (secondary N) is 1. The van der Waals surface area contributed by atoms with Crippen LogP contribution in [0.5, 0.6) is 0 Å². The monoisotopic (exact) mass is 281 g/mol. The molecule has 0 radical (unpaired) electrons. The van der Waals surface area contributed by atoms with Gasteiger partial charge in [-0.1, -0.05) is 0 Å². The first-order valence-corrected chi connectivity index (χ1v) is 7.76. The predicted octanol–water partition coefficient (Wildman–Crippen LogP) is 3.17. The van der Waals surface area contributed by atoms with Gasteiger partial charge in [-0.05, 0) is 17.5 Å². The van der Waals surface area contributed by atoms with Gasteiger partial charge in [0.1, 0.15) is 0 Å². The predicted molar refractivity (Wildman–Crippen MR) is 75.6 cm³/mol. The summed E-state index contributed by atoms with van der Waals surface area (Å²) in [4.78, 5) is 5.58. The number of aromatic nitrogens is 1. The van der Waals surface area contributed by atoms with Gasteiger partial charge >= 0.3 is 0 Å². The highest BCUT2D eigenvalue weighted by atomic mass is 32.1. The van der Waals surface area contributed by atoms with Crippen LogP contribution in [-0.4, -0.2) is 4.98 Å². The second-order valence-corrected chi connectivity index (χ2v) is 6.69. The summed E-state index contributed by atoms with van der Waals surface area (Å²) in [7, 11) is 0. The number of nitrogens with zero attached hydrogens (tertiary/aromatic N) is 1. The SMILES string of the molecule is NNC(Cc1nccs1)c1cc2sccc2s1. The Kier molecular flexibility index (Phi) is 3.21. The molecule has 0 bridgehead atoms. The summed E-state index contributed by atoms with van der Waals surface area (Å²) in [5, 5.41) is 5.23. The second kappa shape index (κ2) is 4.83. The summed E-state index contributed by atoms with van der Waals surface area (Å²) in [6.45, 7) is 0. The zero-order valence-electron chi connectivity index (χ0n) is 8.92. The van der Waals surface area contributed by atoms with Crippen LogP contribution in [0, 0.1) is 0 Å². The largest absolute Gasteiger partial charge is 0.271 e. The third kappa shape index (κ3) is 2.27. The molecule has 0 saturated heterocycles. The van der Waals surface area contributed by atoms with Gasteiger partial charge in [0.2, 0.25) is 0 Å². The first-order valence-electron chi connectivity index (χ1n) is 5.18. The molecule has 6 heteroatoms. The van der Waals surface area contributed by atoms with E-state index in [0.717, 1.165) is 11.4 Å². The number of thiazole rings is 1. The van der Waals surface area contributed by atoms with Crippen LogP contribution in [-0.2, 0) is 6.42 Å². The maximum absolute atomic E-state index is 5.65. The van der Waals surface area contributed by atoms with Crippen LogP contribution >= 0.6 is 34.0 Å². The number of fused-ring (bicyclic) bond motifs is 1. The summed E-state index contributed by atoms with van der Waals surface area (Å²) in [5.41, 5.74) is 2.89. The molecule has 3 heterocycles. The Morgan fingerprint density at radius 3 is 2.94 bits per heavy atom. The van der Waals surface area contributed by atoms with Crippen molar-refractivity contribution in [2.45, 2.75) is 12.5 Å². The van der Waals surface area contributed by atoms with E-state index >= 15 is 0 Å². The summed E-state index contributed by atoms with van der Waals surface area (Å²) in [5.74, 6) is 5.65. The van der Waals surface area contributed by atoms with E-state index in [1.54, 1.807) is 34.0 Å². The molecule has 3 nitrogen and oxygen atoms in total. The molecular formula is C11H11N3S3. The van der Waals surface area contributed by atoms with Crippen LogP contribution in [0.4, 0.5) is 0 Å². The van der Waals surface area contributed by atoms with Gasteiger partial charge in [-0.15, -0.1) is 34.0 Å². The lowest BCUT2D eigenvalue weighted by Crippen LogP contribution is -2.28. The lowest BCUT2D eigenvalue weighted by Gasteiger charge is -2.11. The number of nitrogens with two attached hydrogens (primary N) is 1. The van der Waals surface area contributed by atoms with Crippen molar-refractivity contribution >= 4 is 43.4 Å². The highest BCUT2D eigenvalue weighted by molar-refractivity contribution is 7.27. The van der Waals surface area contributed by atoms with Crippen molar-refractivity contribution in [2.75, 3.05) is 0 Å². The molecule has 0 aliphatic carbocycles. The normalized spacial score (nSPS) is 13.2. The Hall–Kier alpha value is -0.790. The third-order valence-corrected chi connectivity index (χ3v) is 5.57. The smallest absolute Gasteiger partial charge is 0.0944 e. The molecule has 3 aromatic rings. The van der Waals surface area contributed by atoms with Gasteiger partial charge in [0.15, 0.2) is 0 Å². The van der Waals surface area contributed by atoms with Crippen molar-refractivity contribution in [3.63, 3.8) is 0 Å². The van der Waals surface area contributed by atoms with E-state index in [1.165, 1.54) is 14.3 Å². The molecule has 88 valence electrons. The molecule has 0 aliphatic rings. The zero-order chi connectivity index (χ0) is 11.7. The van der Waals surface area contributed by atoms with Gasteiger partial charge in [-0.3, -0.25) is 11.3 Å². The summed E-state index contributed by atoms with van der Waals surface area (Å²) in [6, 6.07) is 4.54. The van der Waals surface area contributed by atoms with Crippen molar-refractivity contribution in [1.29, 1.82) is 0 Å². The fourth-order valence-electron chi connectivity index (χ4n) is 1.73. The molecule has 3 rings (SSSR count). The summed E-state index contributed by atoms with van der Waals surface area (Å²) >= 11 is 5.25. The topological polar surface area (TPSA) is 50.9 Å². The average molecular weight is 281 g/mol. The summed E-state index contributed by atoms with van der Waals surface area (Å²) in [6.07, 6.45) is 2.68. The average Bonchev–Trinajstić information content (AvgIpc) is 3.01. The molecule has 0 spiro atoms. The minimum absolute atomic E-state index is 0.158. The molecule has 1 atom stereocenters. The van der Waals surface area contributed by atoms with Crippen molar-refractivity contribution < 1.29 is 0 Å². The fourth-order valence-corrected chi connectivity index (χ4v) is 4.57. The fraction of sp³-hybridized carbons (Fsp3) is 0.182. The van der Waals surface area contributed by atoms with E-state index in [9.17, 15) is 0 Å². The first-order chi connectivity index (χ1) is 8.36. The Balaban J connectivity index is 1.87. The van der Waals surface area contributed by atoms with Gasteiger partial charge < -0.3 is 0 Å². The van der Waals surface area contributed by atoms with Crippen LogP contribution in [0.1, 0.15) is 15.9 Å². The number of hydrogen-bond donors (Lipinski definition) is 2. The third-order valence-electron chi connectivity index (χ3n) is 2.57. The minimum atomic E-state index is 0.158. The first kappa shape index (κ1) is 11.3. The molecule has 0 amide bonds. The van der Waals surface area contributed by atoms with E-state index in [-0.39, 0.29) is 6.04 Å². The minimum Gasteiger partial charge on any atom is -0.271 e. The van der Waals surface area contributed by atoms with E-state index in [2.05, 4.69) is 27.9 Å². The van der Waals surface area contributed by atoms with Gasteiger partial charge in [-0.2, -0.15) is 0 Å². The van der Waals surface area contributed by atoms with Crippen LogP contribution in [0.25, 0.3) is 9.40 Å². The summed E-state index contributed by atoms with van der Waals surface area (Å²) < 4.78 is 2.67. The highest BCUT2D eigenvalue weighted by Gasteiger charge is 2.15. The van der Waals surface area contributed by atoms with E-state index in [0.29, 0.717) is 0 Å². The van der Waals surface area contributed by atoms with Crippen LogP contribution in [0.15, 0.2) is 29.1 Å². The Morgan fingerprint density at radius 1 is 1.29 bits per heavy atom. The van der Waals surface area contributed by atoms with E-state index in [1.807, 2.05) is 11.6 Å². The standard InChI is InChI=1S/C11H11N3S3/c12-14-7(5-11-13-2-4-16-11)9-6-10-8(17-9)1-3-15-10/h1-4,6-7,14H,5,12H2. The molecule has 0 aliphatic heterocycles. The Bertz CT molecular complexity index is 568. The second-order valence-electron chi connectivity index (χ2n) is 3.65. The van der Waals surface area contributed by atoms with Crippen molar-refractivity contribution in [1.82, 2.24) is 10.4 Å². The quantitative estimate of drug-likeness (QED) is 0.570. The maximum Gasteiger partial charge on any atom is 0.0944 e. The number of thiophene rings is 2. The lowest BCUT2D eigenvalue weighted by molar-refractivity contribution is 0.559. The highest BCUT2D eigenvalue weighted by Crippen LogP contribution is 2.34. The van der Waals surface area contributed by atoms with Crippen molar-refractivity contribution in [3.05, 3.63) is 39.0 Å². The molecule has 1 unspecified atom stereocenters. The molecule has 3 aromatic heterocycles.